The molecule has 2 fully saturated rings. The summed E-state index contributed by atoms with van der Waals surface area (Å²) in [5.41, 5.74) is 0. The number of halogens is 1. The van der Waals surface area contributed by atoms with Crippen LogP contribution in [0.25, 0.3) is 0 Å². The van der Waals surface area contributed by atoms with Gasteiger partial charge >= 0.3 is 0 Å². The fraction of sp³-hybridized carbons (Fsp3) is 0.889. The number of nitrogens with one attached hydrogen (secondary N) is 2. The lowest BCUT2D eigenvalue weighted by atomic mass is 10.3. The van der Waals surface area contributed by atoms with Gasteiger partial charge in [-0.25, -0.2) is 0 Å². The molecule has 2 heterocycles. The lowest BCUT2D eigenvalue weighted by molar-refractivity contribution is -0.122. The Morgan fingerprint density at radius 3 is 2.81 bits per heavy atom. The molecule has 2 aliphatic heterocycles. The Morgan fingerprint density at radius 1 is 1.31 bits per heavy atom. The van der Waals surface area contributed by atoms with E-state index in [1.165, 1.54) is 17.3 Å². The highest BCUT2D eigenvalue weighted by molar-refractivity contribution is 8.06. The van der Waals surface area contributed by atoms with Crippen LogP contribution in [0.15, 0.2) is 0 Å². The van der Waals surface area contributed by atoms with Crippen molar-refractivity contribution in [1.82, 2.24) is 10.6 Å². The van der Waals surface area contributed by atoms with Crippen LogP contribution in [-0.2, 0) is 4.79 Å². The summed E-state index contributed by atoms with van der Waals surface area (Å²) in [7, 11) is 0. The number of rotatable bonds is 3. The first-order chi connectivity index (χ1) is 7.36. The van der Waals surface area contributed by atoms with E-state index < -0.39 is 0 Å². The van der Waals surface area contributed by atoms with Gasteiger partial charge in [0.15, 0.2) is 0 Å². The van der Waals surface area contributed by atoms with Crippen LogP contribution >= 0.6 is 47.7 Å². The fourth-order valence-corrected chi connectivity index (χ4v) is 5.11. The molecule has 94 valence electrons. The zero-order valence-corrected chi connectivity index (χ0v) is 12.2. The molecule has 0 saturated carbocycles. The number of carbonyl (C=O) groups excluding carboxylic acids is 1. The summed E-state index contributed by atoms with van der Waals surface area (Å²) in [6.45, 7) is 0.833. The van der Waals surface area contributed by atoms with Crippen molar-refractivity contribution in [2.45, 2.75) is 11.3 Å². The van der Waals surface area contributed by atoms with Crippen LogP contribution in [0.2, 0.25) is 0 Å². The van der Waals surface area contributed by atoms with E-state index >= 15 is 0 Å². The minimum absolute atomic E-state index is 0. The molecule has 0 spiro atoms. The first kappa shape index (κ1) is 14.8. The van der Waals surface area contributed by atoms with Crippen molar-refractivity contribution in [3.63, 3.8) is 0 Å². The lowest BCUT2D eigenvalue weighted by Gasteiger charge is -2.21. The van der Waals surface area contributed by atoms with Crippen LogP contribution in [0.1, 0.15) is 0 Å². The first-order valence-electron chi connectivity index (χ1n) is 5.14. The third-order valence-corrected chi connectivity index (χ3v) is 6.21. The van der Waals surface area contributed by atoms with Crippen LogP contribution in [-0.4, -0.2) is 52.6 Å². The number of hydrogen-bond donors (Lipinski definition) is 2. The number of carbonyl (C=O) groups is 1. The minimum atomic E-state index is 0. The number of hydrogen-bond acceptors (Lipinski definition) is 5. The van der Waals surface area contributed by atoms with Gasteiger partial charge in [-0.15, -0.1) is 24.2 Å². The van der Waals surface area contributed by atoms with Crippen molar-refractivity contribution < 1.29 is 4.79 Å². The molecule has 0 aromatic rings. The van der Waals surface area contributed by atoms with E-state index in [4.69, 9.17) is 0 Å². The Labute approximate surface area is 115 Å². The molecule has 2 atom stereocenters. The number of thioether (sulfide) groups is 3. The molecule has 2 unspecified atom stereocenters. The largest absolute Gasteiger partial charge is 0.354 e. The van der Waals surface area contributed by atoms with Gasteiger partial charge < -0.3 is 5.32 Å². The van der Waals surface area contributed by atoms with Gasteiger partial charge in [0.05, 0.1) is 6.04 Å². The normalized spacial score (nSPS) is 29.5. The lowest BCUT2D eigenvalue weighted by Crippen LogP contribution is -2.44. The third-order valence-electron chi connectivity index (χ3n) is 2.42. The van der Waals surface area contributed by atoms with Crippen LogP contribution in [0.4, 0.5) is 0 Å². The van der Waals surface area contributed by atoms with Crippen LogP contribution in [0.3, 0.4) is 0 Å². The Morgan fingerprint density at radius 2 is 2.19 bits per heavy atom. The van der Waals surface area contributed by atoms with Crippen LogP contribution in [0, 0.1) is 0 Å². The van der Waals surface area contributed by atoms with Gasteiger partial charge in [-0.3, -0.25) is 10.1 Å². The molecule has 2 saturated heterocycles. The predicted octanol–water partition coefficient (Wildman–Crippen LogP) is 1.04. The van der Waals surface area contributed by atoms with E-state index in [0.29, 0.717) is 5.25 Å². The number of amides is 1. The van der Waals surface area contributed by atoms with Gasteiger partial charge in [0.25, 0.3) is 0 Å². The van der Waals surface area contributed by atoms with Crippen LogP contribution in [0.5, 0.6) is 0 Å². The summed E-state index contributed by atoms with van der Waals surface area (Å²) in [5, 5.41) is 6.84. The summed E-state index contributed by atoms with van der Waals surface area (Å²) in [6.07, 6.45) is 0. The molecule has 0 radical (unpaired) electrons. The molecular weight excluding hydrogens is 284 g/mol. The van der Waals surface area contributed by atoms with E-state index in [1.54, 1.807) is 11.8 Å². The molecule has 0 bridgehead atoms. The summed E-state index contributed by atoms with van der Waals surface area (Å²) < 4.78 is 0. The van der Waals surface area contributed by atoms with E-state index in [1.807, 2.05) is 23.5 Å². The average Bonchev–Trinajstić information content (AvgIpc) is 2.81. The smallest absolute Gasteiger partial charge is 0.238 e. The van der Waals surface area contributed by atoms with Crippen molar-refractivity contribution in [3.8, 4) is 0 Å². The van der Waals surface area contributed by atoms with Crippen LogP contribution < -0.4 is 10.6 Å². The monoisotopic (exact) mass is 300 g/mol. The second-order valence-corrected chi connectivity index (χ2v) is 7.17. The maximum Gasteiger partial charge on any atom is 0.238 e. The first-order valence-corrected chi connectivity index (χ1v) is 8.50. The molecule has 0 aromatic heterocycles. The summed E-state index contributed by atoms with van der Waals surface area (Å²) >= 11 is 5.77. The molecule has 1 amide bonds. The second kappa shape index (κ2) is 7.97. The summed E-state index contributed by atoms with van der Waals surface area (Å²) in [4.78, 5) is 11.7. The Bertz CT molecular complexity index is 221. The molecule has 2 N–H and O–H groups in total. The molecule has 2 rings (SSSR count). The molecule has 7 heteroatoms. The van der Waals surface area contributed by atoms with Crippen molar-refractivity contribution in [2.75, 3.05) is 35.4 Å². The fourth-order valence-electron chi connectivity index (χ4n) is 1.56. The SMILES string of the molecule is Cl.O=C(NCC1CSCCS1)C1CSCN1. The maximum absolute atomic E-state index is 11.7. The van der Waals surface area contributed by atoms with Gasteiger partial charge in [0.2, 0.25) is 5.91 Å². The highest BCUT2D eigenvalue weighted by atomic mass is 35.5. The van der Waals surface area contributed by atoms with Gasteiger partial charge in [-0.05, 0) is 0 Å². The third kappa shape index (κ3) is 4.56. The second-order valence-electron chi connectivity index (χ2n) is 3.58. The predicted molar refractivity (Wildman–Crippen MR) is 78.1 cm³/mol. The summed E-state index contributed by atoms with van der Waals surface area (Å²) in [6, 6.07) is 0.0382. The average molecular weight is 301 g/mol. The van der Waals surface area contributed by atoms with Gasteiger partial charge in [0.1, 0.15) is 0 Å². The molecule has 16 heavy (non-hydrogen) atoms. The zero-order chi connectivity index (χ0) is 10.5. The highest BCUT2D eigenvalue weighted by Crippen LogP contribution is 2.23. The summed E-state index contributed by atoms with van der Waals surface area (Å²) in [5.74, 6) is 5.66. The quantitative estimate of drug-likeness (QED) is 0.815. The van der Waals surface area contributed by atoms with E-state index in [2.05, 4.69) is 10.6 Å². The van der Waals surface area contributed by atoms with E-state index in [0.717, 1.165) is 18.2 Å². The van der Waals surface area contributed by atoms with Crippen molar-refractivity contribution >= 4 is 53.6 Å². The minimum Gasteiger partial charge on any atom is -0.354 e. The van der Waals surface area contributed by atoms with Gasteiger partial charge in [-0.2, -0.15) is 23.5 Å². The zero-order valence-electron chi connectivity index (χ0n) is 8.94. The van der Waals surface area contributed by atoms with E-state index in [-0.39, 0.29) is 24.4 Å². The highest BCUT2D eigenvalue weighted by Gasteiger charge is 2.23. The Balaban J connectivity index is 0.00000128. The topological polar surface area (TPSA) is 41.1 Å². The Kier molecular flexibility index (Phi) is 7.39. The molecule has 2 aliphatic rings. The van der Waals surface area contributed by atoms with E-state index in [9.17, 15) is 4.79 Å². The molecule has 0 aromatic carbocycles. The van der Waals surface area contributed by atoms with Gasteiger partial charge in [0, 0.05) is 40.7 Å². The molecular formula is C9H17ClN2OS3. The molecule has 0 aliphatic carbocycles. The maximum atomic E-state index is 11.7. The van der Waals surface area contributed by atoms with Crippen molar-refractivity contribution in [2.24, 2.45) is 0 Å². The van der Waals surface area contributed by atoms with Crippen molar-refractivity contribution in [3.05, 3.63) is 0 Å². The van der Waals surface area contributed by atoms with Gasteiger partial charge in [-0.1, -0.05) is 0 Å². The molecule has 3 nitrogen and oxygen atoms in total. The Hall–Kier alpha value is 0.770. The van der Waals surface area contributed by atoms with Crippen molar-refractivity contribution in [1.29, 1.82) is 0 Å². The standard InChI is InChI=1S/C9H16N2OS3.ClH/c12-9(8-5-14-6-11-8)10-3-7-4-13-1-2-15-7;/h7-8,11H,1-6H2,(H,10,12);1H.